The maximum atomic E-state index is 12.5. The van der Waals surface area contributed by atoms with Gasteiger partial charge in [-0.1, -0.05) is 13.8 Å². The van der Waals surface area contributed by atoms with Crippen molar-refractivity contribution in [3.63, 3.8) is 0 Å². The minimum atomic E-state index is -4.78. The predicted octanol–water partition coefficient (Wildman–Crippen LogP) is 5.15. The minimum Gasteiger partial charge on any atom is -0.496 e. The largest absolute Gasteiger partial charge is 0.573 e. The fourth-order valence-corrected chi connectivity index (χ4v) is 3.43. The summed E-state index contributed by atoms with van der Waals surface area (Å²) in [5, 5.41) is 4.62. The van der Waals surface area contributed by atoms with Crippen LogP contribution in [0.25, 0.3) is 22.4 Å². The van der Waals surface area contributed by atoms with Gasteiger partial charge in [-0.25, -0.2) is 14.6 Å². The molecule has 3 rings (SSSR count). The van der Waals surface area contributed by atoms with E-state index in [1.807, 2.05) is 6.92 Å². The maximum Gasteiger partial charge on any atom is 0.573 e. The number of ether oxygens (including phenoxy) is 2. The van der Waals surface area contributed by atoms with Gasteiger partial charge in [0.05, 0.1) is 24.2 Å². The Morgan fingerprint density at radius 1 is 1.14 bits per heavy atom. The van der Waals surface area contributed by atoms with Crippen LogP contribution in [0.5, 0.6) is 11.5 Å². The maximum absolute atomic E-state index is 12.5. The zero-order valence-electron chi connectivity index (χ0n) is 17.0. The van der Waals surface area contributed by atoms with Gasteiger partial charge in [0, 0.05) is 24.6 Å². The smallest absolute Gasteiger partial charge is 0.496 e. The molecule has 0 bridgehead atoms. The van der Waals surface area contributed by atoms with Gasteiger partial charge in [0.25, 0.3) is 0 Å². The number of benzene rings is 1. The van der Waals surface area contributed by atoms with Crippen LogP contribution in [0.15, 0.2) is 18.2 Å². The Morgan fingerprint density at radius 3 is 2.41 bits per heavy atom. The number of hydrogen-bond donors (Lipinski definition) is 0. The number of aromatic nitrogens is 4. The van der Waals surface area contributed by atoms with Gasteiger partial charge in [-0.2, -0.15) is 5.10 Å². The standard InChI is InChI=1S/C20H23F3N4O2/c1-6-12(7-2)17-18-19(27(4)26-17)25-16(11(3)24-18)14-9-8-13(10-15(14)28-5)29-20(21,22)23/h8-10,12H,6-7H2,1-5H3. The third-order valence-electron chi connectivity index (χ3n) is 4.89. The van der Waals surface area contributed by atoms with Crippen LogP contribution in [0.2, 0.25) is 0 Å². The number of fused-ring (bicyclic) bond motifs is 1. The van der Waals surface area contributed by atoms with Crippen LogP contribution < -0.4 is 9.47 Å². The molecule has 3 aromatic rings. The SMILES string of the molecule is CCC(CC)c1nn(C)c2nc(-c3ccc(OC(F)(F)F)cc3OC)c(C)nc12. The Hall–Kier alpha value is -2.84. The summed E-state index contributed by atoms with van der Waals surface area (Å²) in [5.74, 6) is 0.138. The van der Waals surface area contributed by atoms with Crippen molar-refractivity contribution in [2.24, 2.45) is 7.05 Å². The van der Waals surface area contributed by atoms with Crippen molar-refractivity contribution in [1.82, 2.24) is 19.7 Å². The summed E-state index contributed by atoms with van der Waals surface area (Å²) >= 11 is 0. The fourth-order valence-electron chi connectivity index (χ4n) is 3.43. The van der Waals surface area contributed by atoms with Gasteiger partial charge in [-0.3, -0.25) is 0 Å². The van der Waals surface area contributed by atoms with E-state index in [1.54, 1.807) is 11.7 Å². The summed E-state index contributed by atoms with van der Waals surface area (Å²) in [6.07, 6.45) is -2.89. The van der Waals surface area contributed by atoms with E-state index in [4.69, 9.17) is 14.7 Å². The summed E-state index contributed by atoms with van der Waals surface area (Å²) in [4.78, 5) is 9.46. The first kappa shape index (κ1) is 20.9. The van der Waals surface area contributed by atoms with Crippen LogP contribution in [0.3, 0.4) is 0 Å². The van der Waals surface area contributed by atoms with Gasteiger partial charge in [0.2, 0.25) is 0 Å². The first-order valence-corrected chi connectivity index (χ1v) is 9.33. The molecule has 0 saturated carbocycles. The molecule has 0 radical (unpaired) electrons. The normalized spacial score (nSPS) is 12.0. The first-order chi connectivity index (χ1) is 13.7. The highest BCUT2D eigenvalue weighted by Crippen LogP contribution is 2.37. The van der Waals surface area contributed by atoms with Crippen LogP contribution in [-0.4, -0.2) is 33.2 Å². The minimum absolute atomic E-state index is 0.214. The van der Waals surface area contributed by atoms with E-state index in [0.29, 0.717) is 22.6 Å². The van der Waals surface area contributed by atoms with Crippen molar-refractivity contribution in [2.45, 2.75) is 45.9 Å². The van der Waals surface area contributed by atoms with E-state index >= 15 is 0 Å². The number of nitrogens with zero attached hydrogens (tertiary/aromatic N) is 4. The van der Waals surface area contributed by atoms with E-state index in [-0.39, 0.29) is 17.4 Å². The lowest BCUT2D eigenvalue weighted by Gasteiger charge is -2.14. The second-order valence-electron chi connectivity index (χ2n) is 6.76. The van der Waals surface area contributed by atoms with Crippen molar-refractivity contribution < 1.29 is 22.6 Å². The van der Waals surface area contributed by atoms with E-state index < -0.39 is 6.36 Å². The van der Waals surface area contributed by atoms with Crippen LogP contribution in [0.4, 0.5) is 13.2 Å². The van der Waals surface area contributed by atoms with Crippen molar-refractivity contribution in [3.8, 4) is 22.8 Å². The number of alkyl halides is 3. The molecule has 2 heterocycles. The third-order valence-corrected chi connectivity index (χ3v) is 4.89. The van der Waals surface area contributed by atoms with Crippen molar-refractivity contribution in [3.05, 3.63) is 29.6 Å². The van der Waals surface area contributed by atoms with Crippen molar-refractivity contribution >= 4 is 11.2 Å². The Kier molecular flexibility index (Phi) is 5.68. The number of hydrogen-bond acceptors (Lipinski definition) is 5. The van der Waals surface area contributed by atoms with E-state index in [2.05, 4.69) is 23.7 Å². The molecule has 0 saturated heterocycles. The molecular formula is C20H23F3N4O2. The molecule has 0 amide bonds. The predicted molar refractivity (Wildman–Crippen MR) is 103 cm³/mol. The van der Waals surface area contributed by atoms with E-state index in [1.165, 1.54) is 25.3 Å². The summed E-state index contributed by atoms with van der Waals surface area (Å²) in [5.41, 5.74) is 3.96. The van der Waals surface area contributed by atoms with Crippen LogP contribution in [-0.2, 0) is 7.05 Å². The molecule has 0 N–H and O–H groups in total. The zero-order chi connectivity index (χ0) is 21.3. The lowest BCUT2D eigenvalue weighted by atomic mass is 9.99. The Labute approximate surface area is 166 Å². The molecule has 0 aliphatic heterocycles. The van der Waals surface area contributed by atoms with E-state index in [0.717, 1.165) is 24.1 Å². The molecule has 0 unspecified atom stereocenters. The van der Waals surface area contributed by atoms with Crippen LogP contribution in [0, 0.1) is 6.92 Å². The molecule has 156 valence electrons. The first-order valence-electron chi connectivity index (χ1n) is 9.33. The van der Waals surface area contributed by atoms with Gasteiger partial charge in [-0.05, 0) is 31.9 Å². The van der Waals surface area contributed by atoms with Crippen LogP contribution >= 0.6 is 0 Å². The molecule has 6 nitrogen and oxygen atoms in total. The molecular weight excluding hydrogens is 385 g/mol. The number of rotatable bonds is 6. The van der Waals surface area contributed by atoms with Crippen molar-refractivity contribution in [2.75, 3.05) is 7.11 Å². The fraction of sp³-hybridized carbons (Fsp3) is 0.450. The topological polar surface area (TPSA) is 62.1 Å². The van der Waals surface area contributed by atoms with Gasteiger partial charge >= 0.3 is 6.36 Å². The molecule has 0 atom stereocenters. The second-order valence-corrected chi connectivity index (χ2v) is 6.76. The highest BCUT2D eigenvalue weighted by Gasteiger charge is 2.31. The molecule has 1 aromatic carbocycles. The second kappa shape index (κ2) is 7.88. The van der Waals surface area contributed by atoms with Crippen molar-refractivity contribution in [1.29, 1.82) is 0 Å². The van der Waals surface area contributed by atoms with E-state index in [9.17, 15) is 13.2 Å². The number of halogens is 3. The Balaban J connectivity index is 2.13. The van der Waals surface area contributed by atoms with Gasteiger partial charge in [0.15, 0.2) is 5.65 Å². The van der Waals surface area contributed by atoms with Gasteiger partial charge in [0.1, 0.15) is 17.0 Å². The molecule has 2 aromatic heterocycles. The molecule has 29 heavy (non-hydrogen) atoms. The van der Waals surface area contributed by atoms with Gasteiger partial charge in [-0.15, -0.1) is 13.2 Å². The quantitative estimate of drug-likeness (QED) is 0.565. The summed E-state index contributed by atoms with van der Waals surface area (Å²) in [6, 6.07) is 3.91. The third kappa shape index (κ3) is 4.13. The molecule has 0 aliphatic rings. The summed E-state index contributed by atoms with van der Waals surface area (Å²) in [7, 11) is 3.19. The highest BCUT2D eigenvalue weighted by molar-refractivity contribution is 5.80. The Morgan fingerprint density at radius 2 is 1.83 bits per heavy atom. The highest BCUT2D eigenvalue weighted by atomic mass is 19.4. The molecule has 0 fully saturated rings. The van der Waals surface area contributed by atoms with Gasteiger partial charge < -0.3 is 9.47 Å². The van der Waals surface area contributed by atoms with Crippen LogP contribution in [0.1, 0.15) is 44.0 Å². The molecule has 0 aliphatic carbocycles. The lowest BCUT2D eigenvalue weighted by Crippen LogP contribution is -2.17. The zero-order valence-corrected chi connectivity index (χ0v) is 17.0. The molecule has 0 spiro atoms. The summed E-state index contributed by atoms with van der Waals surface area (Å²) < 4.78 is 48.5. The summed E-state index contributed by atoms with van der Waals surface area (Å²) in [6.45, 7) is 6.03. The molecule has 9 heteroatoms. The Bertz CT molecular complexity index is 1030. The monoisotopic (exact) mass is 408 g/mol. The average Bonchev–Trinajstić information content (AvgIpc) is 2.96. The lowest BCUT2D eigenvalue weighted by molar-refractivity contribution is -0.274. The average molecular weight is 408 g/mol. The number of aryl methyl sites for hydroxylation is 2. The number of methoxy groups -OCH3 is 1.